The van der Waals surface area contributed by atoms with Crippen LogP contribution in [-0.2, 0) is 0 Å². The van der Waals surface area contributed by atoms with Gasteiger partial charge >= 0.3 is 6.09 Å². The fraction of sp³-hybridized carbons (Fsp3) is 0.462. The van der Waals surface area contributed by atoms with Gasteiger partial charge in [-0.1, -0.05) is 18.2 Å². The summed E-state index contributed by atoms with van der Waals surface area (Å²) >= 11 is 0. The number of benzene rings is 1. The minimum atomic E-state index is -1.07. The van der Waals surface area contributed by atoms with Gasteiger partial charge in [0.05, 0.1) is 25.4 Å². The van der Waals surface area contributed by atoms with Crippen LogP contribution >= 0.6 is 0 Å². The van der Waals surface area contributed by atoms with Crippen LogP contribution in [0.5, 0.6) is 5.75 Å². The molecule has 1 aromatic rings. The van der Waals surface area contributed by atoms with Crippen LogP contribution in [0.25, 0.3) is 0 Å². The molecule has 0 saturated carbocycles. The molecule has 0 radical (unpaired) electrons. The second kappa shape index (κ2) is 6.01. The maximum absolute atomic E-state index is 11.9. The first-order valence-electron chi connectivity index (χ1n) is 6.10. The van der Waals surface area contributed by atoms with Gasteiger partial charge in [0.25, 0.3) is 0 Å². The number of para-hydroxylation sites is 1. The van der Waals surface area contributed by atoms with Crippen LogP contribution in [-0.4, -0.2) is 58.2 Å². The van der Waals surface area contributed by atoms with Gasteiger partial charge in [0.1, 0.15) is 5.75 Å². The number of β-amino-alcohol motifs (C(OH)–C–C–N with tert-alkyl or cyclic N) is 1. The topological polar surface area (TPSA) is 90.2 Å². The molecule has 3 N–H and O–H groups in total. The van der Waals surface area contributed by atoms with Crippen LogP contribution in [0.2, 0.25) is 0 Å². The van der Waals surface area contributed by atoms with Gasteiger partial charge in [-0.05, 0) is 12.1 Å². The molecule has 0 aliphatic carbocycles. The lowest BCUT2D eigenvalue weighted by Gasteiger charge is -2.37. The van der Waals surface area contributed by atoms with Crippen molar-refractivity contribution in [2.45, 2.75) is 12.2 Å². The summed E-state index contributed by atoms with van der Waals surface area (Å²) in [6.07, 6.45) is -2.70. The summed E-state index contributed by atoms with van der Waals surface area (Å²) in [5.41, 5.74) is 0. The Balaban J connectivity index is 1.99. The Morgan fingerprint density at radius 1 is 1.26 bits per heavy atom. The Labute approximate surface area is 110 Å². The first kappa shape index (κ1) is 13.8. The standard InChI is InChI=1S/C13H17NO5/c15-8-9-6-14(7-11(16)12(9)17)13(18)19-10-4-2-1-3-5-10/h1-5,9,11-12,15-17H,6-8H2/t9-,11-,12-/m1/s1. The second-order valence-electron chi connectivity index (χ2n) is 4.59. The van der Waals surface area contributed by atoms with Gasteiger partial charge in [0, 0.05) is 12.5 Å². The molecule has 1 aliphatic heterocycles. The quantitative estimate of drug-likeness (QED) is 0.692. The minimum Gasteiger partial charge on any atom is -0.410 e. The number of piperidine rings is 1. The fourth-order valence-corrected chi connectivity index (χ4v) is 2.08. The molecular weight excluding hydrogens is 250 g/mol. The summed E-state index contributed by atoms with van der Waals surface area (Å²) in [5.74, 6) is -0.152. The number of hydrogen-bond acceptors (Lipinski definition) is 5. The Kier molecular flexibility index (Phi) is 4.36. The number of amides is 1. The van der Waals surface area contributed by atoms with E-state index >= 15 is 0 Å². The van der Waals surface area contributed by atoms with Gasteiger partial charge in [-0.15, -0.1) is 0 Å². The van der Waals surface area contributed by atoms with Crippen LogP contribution in [0.1, 0.15) is 0 Å². The summed E-state index contributed by atoms with van der Waals surface area (Å²) in [4.78, 5) is 13.2. The molecule has 0 unspecified atom stereocenters. The average Bonchev–Trinajstić information content (AvgIpc) is 2.42. The van der Waals surface area contributed by atoms with E-state index in [1.807, 2.05) is 0 Å². The molecule has 1 amide bonds. The van der Waals surface area contributed by atoms with Gasteiger partial charge in [-0.25, -0.2) is 4.79 Å². The first-order valence-corrected chi connectivity index (χ1v) is 6.10. The number of likely N-dealkylation sites (tertiary alicyclic amines) is 1. The van der Waals surface area contributed by atoms with Gasteiger partial charge in [-0.3, -0.25) is 0 Å². The Morgan fingerprint density at radius 3 is 2.58 bits per heavy atom. The molecule has 6 nitrogen and oxygen atoms in total. The predicted molar refractivity (Wildman–Crippen MR) is 66.6 cm³/mol. The molecule has 0 bridgehead atoms. The molecule has 0 aromatic heterocycles. The highest BCUT2D eigenvalue weighted by Crippen LogP contribution is 2.19. The lowest BCUT2D eigenvalue weighted by Crippen LogP contribution is -2.55. The molecule has 6 heteroatoms. The molecular formula is C13H17NO5. The highest BCUT2D eigenvalue weighted by Gasteiger charge is 2.36. The molecule has 1 aromatic carbocycles. The average molecular weight is 267 g/mol. The van der Waals surface area contributed by atoms with Gasteiger partial charge in [0.2, 0.25) is 0 Å². The highest BCUT2D eigenvalue weighted by atomic mass is 16.6. The molecule has 1 fully saturated rings. The van der Waals surface area contributed by atoms with Crippen LogP contribution < -0.4 is 4.74 Å². The van der Waals surface area contributed by atoms with Crippen molar-refractivity contribution in [3.05, 3.63) is 30.3 Å². The highest BCUT2D eigenvalue weighted by molar-refractivity contribution is 5.70. The summed E-state index contributed by atoms with van der Waals surface area (Å²) in [6.45, 7) is -0.156. The number of carbonyl (C=O) groups excluding carboxylic acids is 1. The molecule has 19 heavy (non-hydrogen) atoms. The van der Waals surface area contributed by atoms with E-state index in [0.717, 1.165) is 0 Å². The smallest absolute Gasteiger partial charge is 0.410 e. The molecule has 3 atom stereocenters. The van der Waals surface area contributed by atoms with E-state index in [-0.39, 0.29) is 19.7 Å². The normalized spacial score (nSPS) is 27.1. The van der Waals surface area contributed by atoms with E-state index in [9.17, 15) is 15.0 Å². The van der Waals surface area contributed by atoms with Crippen molar-refractivity contribution in [2.75, 3.05) is 19.7 Å². The Morgan fingerprint density at radius 2 is 1.95 bits per heavy atom. The lowest BCUT2D eigenvalue weighted by molar-refractivity contribution is -0.0788. The number of hydrogen-bond donors (Lipinski definition) is 3. The van der Waals surface area contributed by atoms with E-state index in [2.05, 4.69) is 0 Å². The van der Waals surface area contributed by atoms with E-state index in [1.165, 1.54) is 4.90 Å². The number of nitrogens with zero attached hydrogens (tertiary/aromatic N) is 1. The van der Waals surface area contributed by atoms with E-state index in [1.54, 1.807) is 30.3 Å². The molecule has 2 rings (SSSR count). The Hall–Kier alpha value is -1.63. The van der Waals surface area contributed by atoms with Crippen LogP contribution in [0.3, 0.4) is 0 Å². The maximum Gasteiger partial charge on any atom is 0.415 e. The third-order valence-corrected chi connectivity index (χ3v) is 3.18. The van der Waals surface area contributed by atoms with Crippen LogP contribution in [0.15, 0.2) is 30.3 Å². The number of aliphatic hydroxyl groups is 3. The second-order valence-corrected chi connectivity index (χ2v) is 4.59. The zero-order chi connectivity index (χ0) is 13.8. The molecule has 0 spiro atoms. The fourth-order valence-electron chi connectivity index (χ4n) is 2.08. The molecule has 1 saturated heterocycles. The zero-order valence-electron chi connectivity index (χ0n) is 10.3. The van der Waals surface area contributed by atoms with Crippen molar-refractivity contribution >= 4 is 6.09 Å². The zero-order valence-corrected chi connectivity index (χ0v) is 10.3. The number of rotatable bonds is 2. The lowest BCUT2D eigenvalue weighted by atomic mass is 9.93. The summed E-state index contributed by atoms with van der Waals surface area (Å²) in [7, 11) is 0. The number of carbonyl (C=O) groups is 1. The van der Waals surface area contributed by atoms with E-state index < -0.39 is 24.2 Å². The van der Waals surface area contributed by atoms with Crippen LogP contribution in [0, 0.1) is 5.92 Å². The van der Waals surface area contributed by atoms with E-state index in [0.29, 0.717) is 5.75 Å². The molecule has 1 aliphatic rings. The Bertz CT molecular complexity index is 424. The minimum absolute atomic E-state index is 0.0106. The van der Waals surface area contributed by atoms with Gasteiger partial charge in [0.15, 0.2) is 0 Å². The monoisotopic (exact) mass is 267 g/mol. The van der Waals surface area contributed by atoms with Crippen molar-refractivity contribution in [1.29, 1.82) is 0 Å². The van der Waals surface area contributed by atoms with Gasteiger partial charge in [-0.2, -0.15) is 0 Å². The van der Waals surface area contributed by atoms with Crippen LogP contribution in [0.4, 0.5) is 4.79 Å². The maximum atomic E-state index is 11.9. The largest absolute Gasteiger partial charge is 0.415 e. The van der Waals surface area contributed by atoms with E-state index in [4.69, 9.17) is 9.84 Å². The van der Waals surface area contributed by atoms with Crippen molar-refractivity contribution in [2.24, 2.45) is 5.92 Å². The number of aliphatic hydroxyl groups excluding tert-OH is 3. The third-order valence-electron chi connectivity index (χ3n) is 3.18. The third kappa shape index (κ3) is 3.23. The summed E-state index contributed by atoms with van der Waals surface area (Å²) < 4.78 is 5.14. The van der Waals surface area contributed by atoms with Crippen molar-refractivity contribution in [3.63, 3.8) is 0 Å². The predicted octanol–water partition coefficient (Wildman–Crippen LogP) is -0.169. The summed E-state index contributed by atoms with van der Waals surface area (Å²) in [6, 6.07) is 8.59. The van der Waals surface area contributed by atoms with Gasteiger partial charge < -0.3 is 25.0 Å². The van der Waals surface area contributed by atoms with Crippen molar-refractivity contribution in [3.8, 4) is 5.75 Å². The van der Waals surface area contributed by atoms with Crippen molar-refractivity contribution < 1.29 is 24.9 Å². The number of ether oxygens (including phenoxy) is 1. The summed E-state index contributed by atoms with van der Waals surface area (Å²) in [5, 5.41) is 28.4. The van der Waals surface area contributed by atoms with Crippen molar-refractivity contribution in [1.82, 2.24) is 4.90 Å². The SMILES string of the molecule is O=C(Oc1ccccc1)N1C[C@H](CO)[C@@H](O)[C@H](O)C1. The molecule has 104 valence electrons. The first-order chi connectivity index (χ1) is 9.11. The molecule has 1 heterocycles.